The largest absolute Gasteiger partial charge is 0.530 e. The molecule has 1 aromatic heterocycles. The van der Waals surface area contributed by atoms with E-state index in [0.717, 1.165) is 6.07 Å². The van der Waals surface area contributed by atoms with Crippen molar-refractivity contribution in [2.45, 2.75) is 18.4 Å². The zero-order chi connectivity index (χ0) is 26.9. The Morgan fingerprint density at radius 3 is 2.62 bits per heavy atom. The molecule has 2 atom stereocenters. The van der Waals surface area contributed by atoms with Gasteiger partial charge in [0.15, 0.2) is 0 Å². The number of amides is 2. The van der Waals surface area contributed by atoms with E-state index in [1.807, 2.05) is 0 Å². The fourth-order valence-corrected chi connectivity index (χ4v) is 4.14. The number of H-pyrrole nitrogens is 1. The van der Waals surface area contributed by atoms with Crippen molar-refractivity contribution >= 4 is 28.6 Å². The van der Waals surface area contributed by atoms with Crippen LogP contribution >= 0.6 is 0 Å². The first kappa shape index (κ1) is 26.0. The molecule has 0 saturated carbocycles. The van der Waals surface area contributed by atoms with Gasteiger partial charge in [0.2, 0.25) is 0 Å². The van der Waals surface area contributed by atoms with Gasteiger partial charge in [-0.25, -0.2) is 4.79 Å². The molecule has 1 unspecified atom stereocenters. The van der Waals surface area contributed by atoms with Gasteiger partial charge in [0, 0.05) is 28.9 Å². The van der Waals surface area contributed by atoms with Gasteiger partial charge in [0.05, 0.1) is 31.4 Å². The van der Waals surface area contributed by atoms with Gasteiger partial charge in [-0.2, -0.15) is 13.2 Å². The molecule has 37 heavy (non-hydrogen) atoms. The molecule has 1 saturated heterocycles. The Labute approximate surface area is 207 Å². The second-order valence-corrected chi connectivity index (χ2v) is 8.45. The van der Waals surface area contributed by atoms with Crippen LogP contribution in [0.1, 0.15) is 5.56 Å². The third-order valence-electron chi connectivity index (χ3n) is 5.86. The number of fused-ring (bicyclic) bond motifs is 1. The van der Waals surface area contributed by atoms with Gasteiger partial charge < -0.3 is 34.7 Å². The Bertz CT molecular complexity index is 1390. The molecule has 1 fully saturated rings. The molecule has 10 nitrogen and oxygen atoms in total. The number of anilines is 1. The number of hydrogen-bond donors (Lipinski definition) is 3. The van der Waals surface area contributed by atoms with Gasteiger partial charge >= 0.3 is 12.3 Å². The summed E-state index contributed by atoms with van der Waals surface area (Å²) in [4.78, 5) is 40.9. The standard InChI is InChI=1S/C24H22F3N3O7/c25-24(26,27)19-4-2-1-3-17(19)20-7-13-5-6-14(8-18(13)21(33)28-20)30-11-16(37-23(30)36)10-29(22(34)35)9-15(32)12-31/h1-8,15-16,31-32H,9-12H2,(H,28,33)(H,34,35)/p-1/t15?,16-/m1/s1. The summed E-state index contributed by atoms with van der Waals surface area (Å²) in [7, 11) is 0. The van der Waals surface area contributed by atoms with Crippen molar-refractivity contribution in [1.29, 1.82) is 0 Å². The molecule has 4 rings (SSSR count). The van der Waals surface area contributed by atoms with Crippen LogP contribution in [0.2, 0.25) is 0 Å². The van der Waals surface area contributed by atoms with E-state index in [0.29, 0.717) is 10.3 Å². The van der Waals surface area contributed by atoms with Gasteiger partial charge in [0.25, 0.3) is 5.56 Å². The fourth-order valence-electron chi connectivity index (χ4n) is 4.14. The van der Waals surface area contributed by atoms with Gasteiger partial charge in [-0.3, -0.25) is 9.69 Å². The summed E-state index contributed by atoms with van der Waals surface area (Å²) in [6.45, 7) is -1.52. The van der Waals surface area contributed by atoms with Gasteiger partial charge in [-0.1, -0.05) is 24.3 Å². The maximum Gasteiger partial charge on any atom is 0.417 e. The number of cyclic esters (lactones) is 1. The van der Waals surface area contributed by atoms with E-state index < -0.39 is 54.8 Å². The molecule has 3 aromatic rings. The van der Waals surface area contributed by atoms with Crippen LogP contribution in [0.5, 0.6) is 0 Å². The van der Waals surface area contributed by atoms with Crippen LogP contribution in [0.15, 0.2) is 53.3 Å². The lowest BCUT2D eigenvalue weighted by molar-refractivity contribution is -0.267. The first-order valence-corrected chi connectivity index (χ1v) is 11.0. The Balaban J connectivity index is 1.60. The zero-order valence-electron chi connectivity index (χ0n) is 19.1. The quantitative estimate of drug-likeness (QED) is 0.428. The van der Waals surface area contributed by atoms with E-state index in [2.05, 4.69) is 4.98 Å². The van der Waals surface area contributed by atoms with E-state index in [1.54, 1.807) is 0 Å². The summed E-state index contributed by atoms with van der Waals surface area (Å²) in [6, 6.07) is 10.6. The van der Waals surface area contributed by atoms with Crippen LogP contribution < -0.4 is 15.6 Å². The monoisotopic (exact) mass is 520 g/mol. The van der Waals surface area contributed by atoms with Crippen LogP contribution in [0.4, 0.5) is 28.4 Å². The summed E-state index contributed by atoms with van der Waals surface area (Å²) in [5, 5.41) is 30.2. The molecule has 0 radical (unpaired) electrons. The number of aliphatic hydroxyl groups excluding tert-OH is 2. The first-order valence-electron chi connectivity index (χ1n) is 11.0. The molecule has 2 amide bonds. The number of halogens is 3. The highest BCUT2D eigenvalue weighted by Gasteiger charge is 2.35. The number of carboxylic acid groups (broad SMARTS) is 1. The minimum Gasteiger partial charge on any atom is -0.530 e. The van der Waals surface area contributed by atoms with Crippen LogP contribution in [-0.4, -0.2) is 70.7 Å². The van der Waals surface area contributed by atoms with E-state index in [-0.39, 0.29) is 35.4 Å². The number of nitrogens with zero attached hydrogens (tertiary/aromatic N) is 2. The number of ether oxygens (including phenoxy) is 1. The average Bonchev–Trinajstić information content (AvgIpc) is 3.22. The maximum absolute atomic E-state index is 13.4. The van der Waals surface area contributed by atoms with Crippen molar-refractivity contribution in [3.8, 4) is 11.3 Å². The lowest BCUT2D eigenvalue weighted by Gasteiger charge is -2.28. The number of aromatic nitrogens is 1. The third kappa shape index (κ3) is 5.52. The van der Waals surface area contributed by atoms with Crippen LogP contribution in [0.25, 0.3) is 22.0 Å². The number of carbonyl (C=O) groups excluding carboxylic acids is 2. The summed E-state index contributed by atoms with van der Waals surface area (Å²) < 4.78 is 45.5. The average molecular weight is 520 g/mol. The number of hydrogen-bond acceptors (Lipinski definition) is 7. The number of alkyl halides is 3. The van der Waals surface area contributed by atoms with Gasteiger partial charge in [-0.05, 0) is 29.7 Å². The Hall–Kier alpha value is -4.10. The molecule has 196 valence electrons. The van der Waals surface area contributed by atoms with Crippen LogP contribution in [0, 0.1) is 0 Å². The van der Waals surface area contributed by atoms with Crippen molar-refractivity contribution in [1.82, 2.24) is 9.88 Å². The second kappa shape index (κ2) is 10.1. The lowest BCUT2D eigenvalue weighted by atomic mass is 10.0. The smallest absolute Gasteiger partial charge is 0.417 e. The highest BCUT2D eigenvalue weighted by molar-refractivity contribution is 5.94. The molecule has 2 aromatic carbocycles. The highest BCUT2D eigenvalue weighted by Crippen LogP contribution is 2.36. The minimum absolute atomic E-state index is 0.0220. The van der Waals surface area contributed by atoms with Crippen molar-refractivity contribution < 1.29 is 42.8 Å². The maximum atomic E-state index is 13.4. The number of carbonyl (C=O) groups is 2. The highest BCUT2D eigenvalue weighted by atomic mass is 19.4. The zero-order valence-corrected chi connectivity index (χ0v) is 19.1. The van der Waals surface area contributed by atoms with Gasteiger partial charge in [0.1, 0.15) is 12.2 Å². The SMILES string of the molecule is O=C([O-])N(CC(O)CO)C[C@@H]1CN(c2ccc3cc(-c4ccccc4C(F)(F)F)[nH]c(=O)c3c2)C(=O)O1. The molecule has 0 aliphatic carbocycles. The lowest BCUT2D eigenvalue weighted by Crippen LogP contribution is -2.49. The summed E-state index contributed by atoms with van der Waals surface area (Å²) in [5.41, 5.74) is -1.52. The number of aromatic amines is 1. The van der Waals surface area contributed by atoms with E-state index in [1.165, 1.54) is 47.4 Å². The molecular formula is C24H21F3N3O7-. The summed E-state index contributed by atoms with van der Waals surface area (Å²) in [6.07, 6.45) is -9.32. The predicted octanol–water partition coefficient (Wildman–Crippen LogP) is 1.54. The molecule has 2 heterocycles. The van der Waals surface area contributed by atoms with E-state index in [9.17, 15) is 37.8 Å². The number of pyridine rings is 1. The number of nitrogens with one attached hydrogen (secondary N) is 1. The normalized spacial score (nSPS) is 16.6. The molecule has 0 bridgehead atoms. The molecule has 1 aliphatic heterocycles. The number of aliphatic hydroxyl groups is 2. The van der Waals surface area contributed by atoms with Crippen LogP contribution in [0.3, 0.4) is 0 Å². The number of benzene rings is 2. The second-order valence-electron chi connectivity index (χ2n) is 8.45. The predicted molar refractivity (Wildman–Crippen MR) is 123 cm³/mol. The van der Waals surface area contributed by atoms with Crippen molar-refractivity contribution in [2.75, 3.05) is 31.1 Å². The van der Waals surface area contributed by atoms with Crippen LogP contribution in [-0.2, 0) is 10.9 Å². The third-order valence-corrected chi connectivity index (χ3v) is 5.86. The molecule has 3 N–H and O–H groups in total. The van der Waals surface area contributed by atoms with Gasteiger partial charge in [-0.15, -0.1) is 0 Å². The van der Waals surface area contributed by atoms with Crippen molar-refractivity contribution in [3.05, 3.63) is 64.4 Å². The first-order chi connectivity index (χ1) is 17.5. The summed E-state index contributed by atoms with van der Waals surface area (Å²) in [5.74, 6) is 0. The minimum atomic E-state index is -4.62. The number of rotatable bonds is 7. The Morgan fingerprint density at radius 2 is 1.95 bits per heavy atom. The van der Waals surface area contributed by atoms with E-state index in [4.69, 9.17) is 9.84 Å². The Kier molecular flexibility index (Phi) is 7.09. The molecule has 0 spiro atoms. The molecular weight excluding hydrogens is 499 g/mol. The Morgan fingerprint density at radius 1 is 1.22 bits per heavy atom. The molecule has 13 heteroatoms. The van der Waals surface area contributed by atoms with Crippen molar-refractivity contribution in [2.24, 2.45) is 0 Å². The fraction of sp³-hybridized carbons (Fsp3) is 0.292. The van der Waals surface area contributed by atoms with E-state index >= 15 is 0 Å². The topological polar surface area (TPSA) is 146 Å². The summed E-state index contributed by atoms with van der Waals surface area (Å²) >= 11 is 0. The van der Waals surface area contributed by atoms with Crippen molar-refractivity contribution in [3.63, 3.8) is 0 Å². The molecule has 1 aliphatic rings.